The zero-order valence-electron chi connectivity index (χ0n) is 20.0. The zero-order valence-corrected chi connectivity index (χ0v) is 20.0. The monoisotopic (exact) mass is 432 g/mol. The number of hydrogen-bond donors (Lipinski definition) is 0. The fourth-order valence-electron chi connectivity index (χ4n) is 4.06. The number of amides is 2. The molecule has 7 nitrogen and oxygen atoms in total. The van der Waals surface area contributed by atoms with Crippen molar-refractivity contribution in [1.82, 2.24) is 19.6 Å². The van der Waals surface area contributed by atoms with Gasteiger partial charge in [-0.2, -0.15) is 0 Å². The van der Waals surface area contributed by atoms with Crippen LogP contribution < -0.4 is 4.74 Å². The van der Waals surface area contributed by atoms with E-state index < -0.39 is 0 Å². The molecule has 1 aliphatic rings. The van der Waals surface area contributed by atoms with Crippen molar-refractivity contribution in [3.8, 4) is 5.75 Å². The summed E-state index contributed by atoms with van der Waals surface area (Å²) in [7, 11) is 9.22. The van der Waals surface area contributed by atoms with Crippen LogP contribution in [0.15, 0.2) is 24.3 Å². The average molecular weight is 433 g/mol. The third kappa shape index (κ3) is 8.50. The quantitative estimate of drug-likeness (QED) is 0.536. The smallest absolute Gasteiger partial charge is 0.223 e. The van der Waals surface area contributed by atoms with E-state index in [1.807, 2.05) is 31.1 Å². The number of likely N-dealkylation sites (tertiary alicyclic amines) is 1. The first-order chi connectivity index (χ1) is 14.8. The standard InChI is InChI=1S/C24H40N4O3/c1-25(2)15-16-28(24(30)13-12-23(29)26(3)4)18-20-9-8-14-27(17-20)19-21-10-6-7-11-22(21)31-5/h6-7,10-11,20H,8-9,12-19H2,1-5H3/t20-/m0/s1. The summed E-state index contributed by atoms with van der Waals surface area (Å²) in [5.41, 5.74) is 1.20. The lowest BCUT2D eigenvalue weighted by Crippen LogP contribution is -2.44. The Bertz CT molecular complexity index is 708. The van der Waals surface area contributed by atoms with Crippen LogP contribution in [0, 0.1) is 5.92 Å². The predicted molar refractivity (Wildman–Crippen MR) is 124 cm³/mol. The molecule has 1 saturated heterocycles. The third-order valence-corrected chi connectivity index (χ3v) is 5.89. The topological polar surface area (TPSA) is 56.3 Å². The van der Waals surface area contributed by atoms with Gasteiger partial charge in [0.15, 0.2) is 0 Å². The van der Waals surface area contributed by atoms with E-state index in [2.05, 4.69) is 21.9 Å². The van der Waals surface area contributed by atoms with E-state index >= 15 is 0 Å². The van der Waals surface area contributed by atoms with E-state index in [-0.39, 0.29) is 24.7 Å². The second-order valence-electron chi connectivity index (χ2n) is 8.99. The molecular formula is C24H40N4O3. The summed E-state index contributed by atoms with van der Waals surface area (Å²) in [6.45, 7) is 5.18. The first-order valence-corrected chi connectivity index (χ1v) is 11.3. The van der Waals surface area contributed by atoms with Crippen molar-refractivity contribution in [3.63, 3.8) is 0 Å². The molecule has 2 amide bonds. The molecule has 0 saturated carbocycles. The summed E-state index contributed by atoms with van der Waals surface area (Å²) in [5.74, 6) is 1.46. The molecule has 0 bridgehead atoms. The lowest BCUT2D eigenvalue weighted by atomic mass is 9.96. The largest absolute Gasteiger partial charge is 0.496 e. The van der Waals surface area contributed by atoms with Gasteiger partial charge in [-0.1, -0.05) is 18.2 Å². The molecule has 1 atom stereocenters. The molecule has 0 aliphatic carbocycles. The number of methoxy groups -OCH3 is 1. The SMILES string of the molecule is COc1ccccc1CN1CCC[C@H](CN(CCN(C)C)C(=O)CCC(=O)N(C)C)C1. The molecule has 0 spiro atoms. The van der Waals surface area contributed by atoms with Gasteiger partial charge in [0.2, 0.25) is 11.8 Å². The van der Waals surface area contributed by atoms with Crippen molar-refractivity contribution in [2.75, 3.05) is 68.0 Å². The van der Waals surface area contributed by atoms with Crippen molar-refractivity contribution >= 4 is 11.8 Å². The Morgan fingerprint density at radius 2 is 1.77 bits per heavy atom. The number of piperidine rings is 1. The molecule has 1 aromatic rings. The number of para-hydroxylation sites is 1. The second-order valence-corrected chi connectivity index (χ2v) is 8.99. The van der Waals surface area contributed by atoms with E-state index in [0.29, 0.717) is 12.5 Å². The lowest BCUT2D eigenvalue weighted by Gasteiger charge is -2.36. The summed E-state index contributed by atoms with van der Waals surface area (Å²) in [6, 6.07) is 8.18. The summed E-state index contributed by atoms with van der Waals surface area (Å²) < 4.78 is 5.51. The number of nitrogens with zero attached hydrogens (tertiary/aromatic N) is 4. The van der Waals surface area contributed by atoms with Crippen molar-refractivity contribution in [1.29, 1.82) is 0 Å². The fourth-order valence-corrected chi connectivity index (χ4v) is 4.06. The molecule has 1 aliphatic heterocycles. The van der Waals surface area contributed by atoms with Crippen molar-refractivity contribution in [3.05, 3.63) is 29.8 Å². The highest BCUT2D eigenvalue weighted by Gasteiger charge is 2.25. The van der Waals surface area contributed by atoms with Crippen LogP contribution in [-0.2, 0) is 16.1 Å². The minimum Gasteiger partial charge on any atom is -0.496 e. The minimum absolute atomic E-state index is 0.00144. The van der Waals surface area contributed by atoms with Gasteiger partial charge in [0.25, 0.3) is 0 Å². The molecule has 174 valence electrons. The van der Waals surface area contributed by atoms with E-state index in [4.69, 9.17) is 4.74 Å². The Morgan fingerprint density at radius 1 is 1.06 bits per heavy atom. The van der Waals surface area contributed by atoms with E-state index in [1.54, 1.807) is 26.1 Å². The maximum Gasteiger partial charge on any atom is 0.223 e. The number of likely N-dealkylation sites (N-methyl/N-ethyl adjacent to an activating group) is 1. The van der Waals surface area contributed by atoms with Gasteiger partial charge in [0.05, 0.1) is 7.11 Å². The maximum atomic E-state index is 12.9. The number of benzene rings is 1. The number of ether oxygens (including phenoxy) is 1. The summed E-state index contributed by atoms with van der Waals surface area (Å²) in [6.07, 6.45) is 2.82. The Hall–Kier alpha value is -2.12. The molecule has 2 rings (SSSR count). The Labute approximate surface area is 187 Å². The predicted octanol–water partition coefficient (Wildman–Crippen LogP) is 2.17. The normalized spacial score (nSPS) is 16.9. The molecule has 31 heavy (non-hydrogen) atoms. The van der Waals surface area contributed by atoms with Gasteiger partial charge >= 0.3 is 0 Å². The van der Waals surface area contributed by atoms with Crippen molar-refractivity contribution in [2.45, 2.75) is 32.2 Å². The maximum absolute atomic E-state index is 12.9. The number of carbonyl (C=O) groups is 2. The van der Waals surface area contributed by atoms with Crippen LogP contribution >= 0.6 is 0 Å². The second kappa shape index (κ2) is 12.7. The first kappa shape index (κ1) is 25.1. The summed E-state index contributed by atoms with van der Waals surface area (Å²) >= 11 is 0. The van der Waals surface area contributed by atoms with Crippen LogP contribution in [-0.4, -0.2) is 99.4 Å². The van der Waals surface area contributed by atoms with Crippen LogP contribution in [0.3, 0.4) is 0 Å². The van der Waals surface area contributed by atoms with Crippen LogP contribution in [0.25, 0.3) is 0 Å². The van der Waals surface area contributed by atoms with Crippen LogP contribution in [0.4, 0.5) is 0 Å². The van der Waals surface area contributed by atoms with E-state index in [1.165, 1.54) is 5.56 Å². The van der Waals surface area contributed by atoms with Crippen LogP contribution in [0.5, 0.6) is 5.75 Å². The highest BCUT2D eigenvalue weighted by Crippen LogP contribution is 2.24. The zero-order chi connectivity index (χ0) is 22.8. The van der Waals surface area contributed by atoms with E-state index in [0.717, 1.165) is 51.3 Å². The Morgan fingerprint density at radius 3 is 2.45 bits per heavy atom. The van der Waals surface area contributed by atoms with Gasteiger partial charge in [-0.15, -0.1) is 0 Å². The Balaban J connectivity index is 1.96. The molecule has 1 heterocycles. The number of hydrogen-bond acceptors (Lipinski definition) is 5. The molecule has 1 aromatic carbocycles. The molecule has 0 unspecified atom stereocenters. The molecule has 1 fully saturated rings. The van der Waals surface area contributed by atoms with Gasteiger partial charge in [-0.3, -0.25) is 14.5 Å². The van der Waals surface area contributed by atoms with Crippen molar-refractivity contribution in [2.24, 2.45) is 5.92 Å². The first-order valence-electron chi connectivity index (χ1n) is 11.3. The number of rotatable bonds is 11. The molecular weight excluding hydrogens is 392 g/mol. The fraction of sp³-hybridized carbons (Fsp3) is 0.667. The molecule has 7 heteroatoms. The summed E-state index contributed by atoms with van der Waals surface area (Å²) in [4.78, 5) is 32.9. The highest BCUT2D eigenvalue weighted by atomic mass is 16.5. The minimum atomic E-state index is 0.00144. The van der Waals surface area contributed by atoms with Gasteiger partial charge in [0.1, 0.15) is 5.75 Å². The molecule has 0 N–H and O–H groups in total. The third-order valence-electron chi connectivity index (χ3n) is 5.89. The lowest BCUT2D eigenvalue weighted by molar-refractivity contribution is -0.136. The van der Waals surface area contributed by atoms with Crippen molar-refractivity contribution < 1.29 is 14.3 Å². The number of carbonyl (C=O) groups excluding carboxylic acids is 2. The summed E-state index contributed by atoms with van der Waals surface area (Å²) in [5, 5.41) is 0. The molecule has 0 aromatic heterocycles. The van der Waals surface area contributed by atoms with Gasteiger partial charge in [-0.05, 0) is 45.5 Å². The van der Waals surface area contributed by atoms with Gasteiger partial charge in [0, 0.05) is 65.2 Å². The highest BCUT2D eigenvalue weighted by molar-refractivity contribution is 5.83. The molecule has 0 radical (unpaired) electrons. The van der Waals surface area contributed by atoms with Crippen LogP contribution in [0.2, 0.25) is 0 Å². The van der Waals surface area contributed by atoms with Gasteiger partial charge < -0.3 is 19.4 Å². The average Bonchev–Trinajstić information content (AvgIpc) is 2.75. The van der Waals surface area contributed by atoms with Gasteiger partial charge in [-0.25, -0.2) is 0 Å². The van der Waals surface area contributed by atoms with E-state index in [9.17, 15) is 9.59 Å². The van der Waals surface area contributed by atoms with Crippen LogP contribution in [0.1, 0.15) is 31.2 Å². The Kier molecular flexibility index (Phi) is 10.3.